The van der Waals surface area contributed by atoms with Crippen molar-refractivity contribution in [2.45, 2.75) is 39.4 Å². The lowest BCUT2D eigenvalue weighted by molar-refractivity contribution is 0.561. The molecule has 0 N–H and O–H groups in total. The summed E-state index contributed by atoms with van der Waals surface area (Å²) >= 11 is -1.41. The van der Waals surface area contributed by atoms with Gasteiger partial charge in [0.2, 0.25) is 0 Å². The maximum absolute atomic E-state index is 13.4. The first-order chi connectivity index (χ1) is 8.66. The highest BCUT2D eigenvalue weighted by Gasteiger charge is 2.27. The van der Waals surface area contributed by atoms with Gasteiger partial charge < -0.3 is 4.55 Å². The van der Waals surface area contributed by atoms with E-state index in [1.165, 1.54) is 12.1 Å². The Morgan fingerprint density at radius 2 is 2.00 bits per heavy atom. The first-order valence-corrected chi connectivity index (χ1v) is 6.95. The second-order valence-corrected chi connectivity index (χ2v) is 7.18. The molecule has 5 heteroatoms. The summed E-state index contributed by atoms with van der Waals surface area (Å²) in [6.07, 6.45) is 0. The van der Waals surface area contributed by atoms with E-state index < -0.39 is 21.9 Å². The number of benzene rings is 1. The van der Waals surface area contributed by atoms with Gasteiger partial charge in [-0.3, -0.25) is 0 Å². The van der Waals surface area contributed by atoms with E-state index in [0.29, 0.717) is 16.8 Å². The van der Waals surface area contributed by atoms with E-state index in [2.05, 4.69) is 4.40 Å². The van der Waals surface area contributed by atoms with Crippen molar-refractivity contribution in [1.82, 2.24) is 0 Å². The molecule has 1 aromatic carbocycles. The molecule has 102 valence electrons. The molecule has 0 aliphatic carbocycles. The molecular weight excluding hydrogens is 263 g/mol. The highest BCUT2D eigenvalue weighted by molar-refractivity contribution is 7.91. The zero-order chi connectivity index (χ0) is 14.8. The predicted octanol–water partition coefficient (Wildman–Crippen LogP) is 3.28. The van der Waals surface area contributed by atoms with E-state index in [4.69, 9.17) is 5.26 Å². The summed E-state index contributed by atoms with van der Waals surface area (Å²) in [6.45, 7) is 8.86. The Kier molecular flexibility index (Phi) is 4.72. The number of nitriles is 1. The van der Waals surface area contributed by atoms with Gasteiger partial charge in [0.25, 0.3) is 0 Å². The Bertz CT molecular complexity index is 556. The van der Waals surface area contributed by atoms with Gasteiger partial charge in [0.1, 0.15) is 21.9 Å². The molecular formula is C14H17FN2OS. The lowest BCUT2D eigenvalue weighted by atomic mass is 10.00. The monoisotopic (exact) mass is 280 g/mol. The first-order valence-electron chi connectivity index (χ1n) is 5.84. The molecule has 0 fully saturated rings. The van der Waals surface area contributed by atoms with E-state index in [9.17, 15) is 8.94 Å². The van der Waals surface area contributed by atoms with Gasteiger partial charge in [0.15, 0.2) is 0 Å². The minimum absolute atomic E-state index is 0.270. The van der Waals surface area contributed by atoms with Gasteiger partial charge >= 0.3 is 0 Å². The van der Waals surface area contributed by atoms with Crippen LogP contribution in [-0.4, -0.2) is 15.0 Å². The van der Waals surface area contributed by atoms with Crippen LogP contribution in [0.4, 0.5) is 4.39 Å². The topological polar surface area (TPSA) is 59.2 Å². The highest BCUT2D eigenvalue weighted by Crippen LogP contribution is 2.21. The smallest absolute Gasteiger partial charge is 0.144 e. The maximum atomic E-state index is 13.4. The van der Waals surface area contributed by atoms with Crippen molar-refractivity contribution in [3.8, 4) is 6.07 Å². The molecule has 0 saturated carbocycles. The summed E-state index contributed by atoms with van der Waals surface area (Å²) in [7, 11) is 0. The number of halogens is 1. The Morgan fingerprint density at radius 3 is 2.47 bits per heavy atom. The van der Waals surface area contributed by atoms with Crippen LogP contribution < -0.4 is 0 Å². The predicted molar refractivity (Wildman–Crippen MR) is 76.0 cm³/mol. The zero-order valence-electron chi connectivity index (χ0n) is 11.7. The van der Waals surface area contributed by atoms with Crippen LogP contribution in [0.1, 0.15) is 44.4 Å². The summed E-state index contributed by atoms with van der Waals surface area (Å²) in [5, 5.41) is 8.94. The van der Waals surface area contributed by atoms with Crippen LogP contribution in [0.15, 0.2) is 16.5 Å². The molecule has 1 aromatic rings. The second-order valence-electron chi connectivity index (χ2n) is 5.28. The fourth-order valence-corrected chi connectivity index (χ4v) is 2.10. The van der Waals surface area contributed by atoms with Gasteiger partial charge in [0.05, 0.1) is 17.3 Å². The standard InChI is InChI=1S/C14H17FN2OS/c1-9-11(8-16)6-12(15)7-13(9)10(2)17-19(18)14(3,4)5/h6-7H,1-5H3/t19-/m1/s1. The molecule has 0 saturated heterocycles. The largest absolute Gasteiger partial charge is 0.591 e. The van der Waals surface area contributed by atoms with Crippen molar-refractivity contribution in [1.29, 1.82) is 5.26 Å². The summed E-state index contributed by atoms with van der Waals surface area (Å²) in [5.41, 5.74) is 1.91. The van der Waals surface area contributed by atoms with Crippen LogP contribution in [0.3, 0.4) is 0 Å². The van der Waals surface area contributed by atoms with Gasteiger partial charge in [-0.05, 0) is 52.3 Å². The SMILES string of the molecule is CC(=N[S@+]([O-])C(C)(C)C)c1cc(F)cc(C#N)c1C. The fourth-order valence-electron chi connectivity index (χ4n) is 1.48. The molecule has 0 aliphatic heterocycles. The van der Waals surface area contributed by atoms with Crippen LogP contribution in [0.25, 0.3) is 0 Å². The summed E-state index contributed by atoms with van der Waals surface area (Å²) < 4.78 is 29.0. The van der Waals surface area contributed by atoms with Gasteiger partial charge in [-0.25, -0.2) is 4.39 Å². The molecule has 0 heterocycles. The molecule has 1 atom stereocenters. The van der Waals surface area contributed by atoms with Gasteiger partial charge in [-0.1, -0.05) is 4.40 Å². The molecule has 0 spiro atoms. The zero-order valence-corrected chi connectivity index (χ0v) is 12.6. The van der Waals surface area contributed by atoms with Gasteiger partial charge in [-0.2, -0.15) is 5.26 Å². The van der Waals surface area contributed by atoms with Crippen molar-refractivity contribution in [3.63, 3.8) is 0 Å². The Hall–Kier alpha value is -1.38. The fraction of sp³-hybridized carbons (Fsp3) is 0.429. The maximum Gasteiger partial charge on any atom is 0.144 e. The first kappa shape index (κ1) is 15.7. The molecule has 0 radical (unpaired) electrons. The van der Waals surface area contributed by atoms with Crippen LogP contribution >= 0.6 is 0 Å². The van der Waals surface area contributed by atoms with Crippen molar-refractivity contribution in [2.24, 2.45) is 4.40 Å². The molecule has 1 rings (SSSR count). The lowest BCUT2D eigenvalue weighted by Gasteiger charge is -2.19. The van der Waals surface area contributed by atoms with E-state index in [1.807, 2.05) is 26.8 Å². The summed E-state index contributed by atoms with van der Waals surface area (Å²) in [6, 6.07) is 4.45. The van der Waals surface area contributed by atoms with Gasteiger partial charge in [-0.15, -0.1) is 0 Å². The van der Waals surface area contributed by atoms with E-state index >= 15 is 0 Å². The van der Waals surface area contributed by atoms with E-state index in [1.54, 1.807) is 13.8 Å². The summed E-state index contributed by atoms with van der Waals surface area (Å²) in [5.74, 6) is -0.492. The minimum atomic E-state index is -1.41. The van der Waals surface area contributed by atoms with Crippen LogP contribution in [-0.2, 0) is 11.4 Å². The molecule has 0 bridgehead atoms. The lowest BCUT2D eigenvalue weighted by Crippen LogP contribution is -2.26. The number of hydrogen-bond donors (Lipinski definition) is 0. The third kappa shape index (κ3) is 3.79. The van der Waals surface area contributed by atoms with Gasteiger partial charge in [0, 0.05) is 5.56 Å². The number of hydrogen-bond acceptors (Lipinski definition) is 3. The molecule has 19 heavy (non-hydrogen) atoms. The third-order valence-corrected chi connectivity index (χ3v) is 4.11. The molecule has 0 aromatic heterocycles. The van der Waals surface area contributed by atoms with Crippen molar-refractivity contribution >= 4 is 17.1 Å². The van der Waals surface area contributed by atoms with Crippen LogP contribution in [0.2, 0.25) is 0 Å². The van der Waals surface area contributed by atoms with E-state index in [0.717, 1.165) is 0 Å². The molecule has 3 nitrogen and oxygen atoms in total. The van der Waals surface area contributed by atoms with Crippen LogP contribution in [0.5, 0.6) is 0 Å². The van der Waals surface area contributed by atoms with Crippen molar-refractivity contribution in [3.05, 3.63) is 34.6 Å². The normalized spacial score (nSPS) is 14.1. The Balaban J connectivity index is 3.28. The molecule has 0 amide bonds. The average Bonchev–Trinajstić information content (AvgIpc) is 2.30. The Labute approximate surface area is 116 Å². The Morgan fingerprint density at radius 1 is 1.42 bits per heavy atom. The highest BCUT2D eigenvalue weighted by atomic mass is 32.2. The molecule has 0 aliphatic rings. The number of rotatable bonds is 2. The average molecular weight is 280 g/mol. The summed E-state index contributed by atoms with van der Waals surface area (Å²) in [4.78, 5) is 0. The molecule has 0 unspecified atom stereocenters. The third-order valence-electron chi connectivity index (χ3n) is 2.63. The van der Waals surface area contributed by atoms with Crippen molar-refractivity contribution < 1.29 is 8.94 Å². The van der Waals surface area contributed by atoms with E-state index in [-0.39, 0.29) is 5.56 Å². The second kappa shape index (κ2) is 5.72. The van der Waals surface area contributed by atoms with Crippen LogP contribution in [0, 0.1) is 24.1 Å². The minimum Gasteiger partial charge on any atom is -0.591 e. The number of nitrogens with zero attached hydrogens (tertiary/aromatic N) is 2. The quantitative estimate of drug-likeness (QED) is 0.616. The van der Waals surface area contributed by atoms with Crippen molar-refractivity contribution in [2.75, 3.05) is 0 Å².